The van der Waals surface area contributed by atoms with Gasteiger partial charge in [-0.05, 0) is 50.3 Å². The van der Waals surface area contributed by atoms with Crippen LogP contribution in [0.1, 0.15) is 42.5 Å². The number of carbonyl (C=O) groups is 1. The fourth-order valence-electron chi connectivity index (χ4n) is 2.57. The van der Waals surface area contributed by atoms with Gasteiger partial charge in [0.05, 0.1) is 0 Å². The predicted molar refractivity (Wildman–Crippen MR) is 77.5 cm³/mol. The summed E-state index contributed by atoms with van der Waals surface area (Å²) in [7, 11) is 0. The van der Waals surface area contributed by atoms with E-state index in [0.29, 0.717) is 23.2 Å². The summed E-state index contributed by atoms with van der Waals surface area (Å²) in [4.78, 5) is 16.1. The average Bonchev–Trinajstić information content (AvgIpc) is 2.95. The Balaban J connectivity index is 1.57. The van der Waals surface area contributed by atoms with Crippen LogP contribution in [-0.4, -0.2) is 17.4 Å². The van der Waals surface area contributed by atoms with Crippen molar-refractivity contribution in [3.05, 3.63) is 41.8 Å². The number of nitrogens with one attached hydrogen (secondary N) is 1. The molecule has 1 aliphatic carbocycles. The van der Waals surface area contributed by atoms with Gasteiger partial charge in [-0.3, -0.25) is 4.79 Å². The van der Waals surface area contributed by atoms with Gasteiger partial charge in [0, 0.05) is 12.1 Å². The first-order valence-electron chi connectivity index (χ1n) is 7.12. The minimum Gasteiger partial charge on any atom is -0.443 e. The second kappa shape index (κ2) is 5.90. The van der Waals surface area contributed by atoms with E-state index in [4.69, 9.17) is 4.42 Å². The molecule has 0 unspecified atom stereocenters. The number of fused-ring (bicyclic) bond motifs is 1. The fourth-order valence-corrected chi connectivity index (χ4v) is 2.57. The highest BCUT2D eigenvalue weighted by molar-refractivity contribution is 5.97. The van der Waals surface area contributed by atoms with Crippen molar-refractivity contribution in [1.82, 2.24) is 10.3 Å². The van der Waals surface area contributed by atoms with Crippen molar-refractivity contribution >= 4 is 17.0 Å². The smallest absolute Gasteiger partial charge is 0.251 e. The maximum atomic E-state index is 12.1. The number of oxazole rings is 1. The zero-order chi connectivity index (χ0) is 13.8. The van der Waals surface area contributed by atoms with Crippen LogP contribution >= 0.6 is 0 Å². The molecule has 1 heterocycles. The van der Waals surface area contributed by atoms with E-state index < -0.39 is 0 Å². The average molecular weight is 270 g/mol. The van der Waals surface area contributed by atoms with Gasteiger partial charge in [0.25, 0.3) is 5.91 Å². The number of benzene rings is 1. The third kappa shape index (κ3) is 2.90. The van der Waals surface area contributed by atoms with E-state index >= 15 is 0 Å². The molecule has 2 aromatic rings. The standard InChI is InChI=1S/C16H18N2O2/c19-16(17-9-8-12-4-2-1-3-5-12)13-6-7-15-14(10-13)18-11-20-15/h4,6-7,10-11H,1-3,5,8-9H2,(H,17,19). The number of allylic oxidation sites excluding steroid dienone is 1. The van der Waals surface area contributed by atoms with Crippen molar-refractivity contribution in [2.75, 3.05) is 6.54 Å². The summed E-state index contributed by atoms with van der Waals surface area (Å²) in [6.45, 7) is 0.696. The van der Waals surface area contributed by atoms with Crippen LogP contribution in [0.5, 0.6) is 0 Å². The lowest BCUT2D eigenvalue weighted by Gasteiger charge is -2.12. The summed E-state index contributed by atoms with van der Waals surface area (Å²) in [5.41, 5.74) is 3.52. The zero-order valence-electron chi connectivity index (χ0n) is 11.4. The SMILES string of the molecule is O=C(NCCC1=CCCCC1)c1ccc2ocnc2c1. The lowest BCUT2D eigenvalue weighted by Crippen LogP contribution is -2.24. The minimum absolute atomic E-state index is 0.0497. The molecular formula is C16H18N2O2. The van der Waals surface area contributed by atoms with Crippen LogP contribution in [0, 0.1) is 0 Å². The van der Waals surface area contributed by atoms with E-state index in [1.807, 2.05) is 0 Å². The Morgan fingerprint density at radius 2 is 2.30 bits per heavy atom. The summed E-state index contributed by atoms with van der Waals surface area (Å²) in [6, 6.07) is 5.30. The molecule has 1 N–H and O–H groups in total. The molecule has 0 saturated heterocycles. The normalized spacial score (nSPS) is 15.1. The Morgan fingerprint density at radius 3 is 3.15 bits per heavy atom. The van der Waals surface area contributed by atoms with Gasteiger partial charge in [0.15, 0.2) is 12.0 Å². The molecule has 0 atom stereocenters. The topological polar surface area (TPSA) is 55.1 Å². The van der Waals surface area contributed by atoms with Gasteiger partial charge in [-0.1, -0.05) is 11.6 Å². The quantitative estimate of drug-likeness (QED) is 0.866. The van der Waals surface area contributed by atoms with Gasteiger partial charge in [-0.25, -0.2) is 4.98 Å². The molecule has 1 amide bonds. The Morgan fingerprint density at radius 1 is 1.35 bits per heavy atom. The molecule has 3 rings (SSSR count). The molecule has 0 spiro atoms. The predicted octanol–water partition coefficient (Wildman–Crippen LogP) is 3.45. The van der Waals surface area contributed by atoms with E-state index in [-0.39, 0.29) is 5.91 Å². The molecular weight excluding hydrogens is 252 g/mol. The molecule has 1 aliphatic rings. The maximum Gasteiger partial charge on any atom is 0.251 e. The zero-order valence-corrected chi connectivity index (χ0v) is 11.4. The second-order valence-electron chi connectivity index (χ2n) is 5.15. The number of hydrogen-bond acceptors (Lipinski definition) is 3. The highest BCUT2D eigenvalue weighted by Crippen LogP contribution is 2.19. The third-order valence-corrected chi connectivity index (χ3v) is 3.71. The molecule has 4 nitrogen and oxygen atoms in total. The summed E-state index contributed by atoms with van der Waals surface area (Å²) in [6.07, 6.45) is 9.61. The number of nitrogens with zero attached hydrogens (tertiary/aromatic N) is 1. The first kappa shape index (κ1) is 12.9. The molecule has 0 radical (unpaired) electrons. The van der Waals surface area contributed by atoms with Crippen LogP contribution in [0.4, 0.5) is 0 Å². The first-order valence-corrected chi connectivity index (χ1v) is 7.12. The lowest BCUT2D eigenvalue weighted by molar-refractivity contribution is 0.0954. The fraction of sp³-hybridized carbons (Fsp3) is 0.375. The van der Waals surface area contributed by atoms with E-state index in [1.54, 1.807) is 18.2 Å². The van der Waals surface area contributed by atoms with Gasteiger partial charge in [-0.2, -0.15) is 0 Å². The summed E-state index contributed by atoms with van der Waals surface area (Å²) < 4.78 is 5.16. The molecule has 1 aromatic heterocycles. The van der Waals surface area contributed by atoms with Crippen LogP contribution in [0.2, 0.25) is 0 Å². The molecule has 20 heavy (non-hydrogen) atoms. The summed E-state index contributed by atoms with van der Waals surface area (Å²) >= 11 is 0. The molecule has 1 aromatic carbocycles. The molecule has 0 saturated carbocycles. The molecule has 104 valence electrons. The molecule has 4 heteroatoms. The van der Waals surface area contributed by atoms with Crippen LogP contribution in [0.25, 0.3) is 11.1 Å². The number of carbonyl (C=O) groups excluding carboxylic acids is 1. The van der Waals surface area contributed by atoms with Crippen molar-refractivity contribution in [1.29, 1.82) is 0 Å². The largest absolute Gasteiger partial charge is 0.443 e. The highest BCUT2D eigenvalue weighted by Gasteiger charge is 2.09. The highest BCUT2D eigenvalue weighted by atomic mass is 16.3. The van der Waals surface area contributed by atoms with E-state index in [1.165, 1.54) is 37.7 Å². The summed E-state index contributed by atoms with van der Waals surface area (Å²) in [5, 5.41) is 2.96. The number of amides is 1. The minimum atomic E-state index is -0.0497. The van der Waals surface area contributed by atoms with Gasteiger partial charge in [0.1, 0.15) is 5.52 Å². The monoisotopic (exact) mass is 270 g/mol. The third-order valence-electron chi connectivity index (χ3n) is 3.71. The van der Waals surface area contributed by atoms with E-state index in [2.05, 4.69) is 16.4 Å². The van der Waals surface area contributed by atoms with Gasteiger partial charge in [-0.15, -0.1) is 0 Å². The first-order chi connectivity index (χ1) is 9.83. The van der Waals surface area contributed by atoms with Crippen molar-refractivity contribution in [3.8, 4) is 0 Å². The Hall–Kier alpha value is -2.10. The number of aromatic nitrogens is 1. The van der Waals surface area contributed by atoms with Crippen molar-refractivity contribution < 1.29 is 9.21 Å². The Kier molecular flexibility index (Phi) is 3.81. The molecule has 0 fully saturated rings. The number of hydrogen-bond donors (Lipinski definition) is 1. The maximum absolute atomic E-state index is 12.1. The summed E-state index contributed by atoms with van der Waals surface area (Å²) in [5.74, 6) is -0.0497. The Labute approximate surface area is 117 Å². The Bertz CT molecular complexity index is 643. The van der Waals surface area contributed by atoms with Gasteiger partial charge in [0.2, 0.25) is 0 Å². The van der Waals surface area contributed by atoms with Crippen molar-refractivity contribution in [2.24, 2.45) is 0 Å². The van der Waals surface area contributed by atoms with E-state index in [0.717, 1.165) is 6.42 Å². The van der Waals surface area contributed by atoms with Crippen molar-refractivity contribution in [2.45, 2.75) is 32.1 Å². The van der Waals surface area contributed by atoms with E-state index in [9.17, 15) is 4.79 Å². The van der Waals surface area contributed by atoms with Crippen molar-refractivity contribution in [3.63, 3.8) is 0 Å². The molecule has 0 bridgehead atoms. The van der Waals surface area contributed by atoms with Crippen LogP contribution < -0.4 is 5.32 Å². The number of rotatable bonds is 4. The second-order valence-corrected chi connectivity index (χ2v) is 5.15. The molecule has 0 aliphatic heterocycles. The lowest BCUT2D eigenvalue weighted by atomic mass is 9.97. The van der Waals surface area contributed by atoms with Crippen LogP contribution in [-0.2, 0) is 0 Å². The van der Waals surface area contributed by atoms with Gasteiger partial charge < -0.3 is 9.73 Å². The van der Waals surface area contributed by atoms with Crippen LogP contribution in [0.15, 0.2) is 40.7 Å². The van der Waals surface area contributed by atoms with Crippen LogP contribution in [0.3, 0.4) is 0 Å². The van der Waals surface area contributed by atoms with Gasteiger partial charge >= 0.3 is 0 Å².